The van der Waals surface area contributed by atoms with Crippen LogP contribution in [0.3, 0.4) is 0 Å². The lowest BCUT2D eigenvalue weighted by Gasteiger charge is -2.38. The maximum absolute atomic E-state index is 9.43. The van der Waals surface area contributed by atoms with E-state index in [1.165, 1.54) is 0 Å². The fraction of sp³-hybridized carbons (Fsp3) is 1.00. The molecule has 15 heavy (non-hydrogen) atoms. The van der Waals surface area contributed by atoms with Crippen molar-refractivity contribution in [3.8, 4) is 0 Å². The summed E-state index contributed by atoms with van der Waals surface area (Å²) in [5.74, 6) is 0.402. The summed E-state index contributed by atoms with van der Waals surface area (Å²) >= 11 is 0. The fourth-order valence-electron chi connectivity index (χ4n) is 2.10. The Morgan fingerprint density at radius 1 is 1.20 bits per heavy atom. The number of nitrogens with two attached hydrogens (primary N) is 1. The van der Waals surface area contributed by atoms with Gasteiger partial charge in [0.15, 0.2) is 0 Å². The lowest BCUT2D eigenvalue weighted by molar-refractivity contribution is 0.0758. The van der Waals surface area contributed by atoms with Gasteiger partial charge in [0.2, 0.25) is 0 Å². The van der Waals surface area contributed by atoms with E-state index in [4.69, 9.17) is 5.73 Å². The van der Waals surface area contributed by atoms with Gasteiger partial charge in [-0.1, -0.05) is 27.7 Å². The molecule has 0 aromatic rings. The Bertz CT molecular complexity index is 158. The minimum atomic E-state index is 0.0422. The van der Waals surface area contributed by atoms with Gasteiger partial charge in [-0.25, -0.2) is 0 Å². The Balaban J connectivity index is 4.50. The molecule has 2 atom stereocenters. The summed E-state index contributed by atoms with van der Waals surface area (Å²) in [4.78, 5) is 2.24. The van der Waals surface area contributed by atoms with E-state index in [9.17, 15) is 5.11 Å². The number of hydrogen-bond acceptors (Lipinski definition) is 3. The van der Waals surface area contributed by atoms with Crippen LogP contribution in [0.1, 0.15) is 40.5 Å². The molecule has 0 aromatic carbocycles. The molecule has 92 valence electrons. The van der Waals surface area contributed by atoms with Crippen molar-refractivity contribution in [2.45, 2.75) is 58.7 Å². The predicted molar refractivity (Wildman–Crippen MR) is 65.8 cm³/mol. The van der Waals surface area contributed by atoms with Crippen molar-refractivity contribution in [2.75, 3.05) is 13.7 Å². The van der Waals surface area contributed by atoms with Gasteiger partial charge in [-0.15, -0.1) is 0 Å². The Hall–Kier alpha value is -0.120. The van der Waals surface area contributed by atoms with Crippen molar-refractivity contribution in [1.29, 1.82) is 0 Å². The Morgan fingerprint density at radius 2 is 1.67 bits per heavy atom. The van der Waals surface area contributed by atoms with Crippen LogP contribution >= 0.6 is 0 Å². The molecule has 3 nitrogen and oxygen atoms in total. The number of likely N-dealkylation sites (N-methyl/N-ethyl adjacent to an activating group) is 1. The number of aliphatic hydroxyl groups excluding tert-OH is 1. The first-order valence-corrected chi connectivity index (χ1v) is 6.07. The van der Waals surface area contributed by atoms with Gasteiger partial charge in [0.25, 0.3) is 0 Å². The molecule has 0 aliphatic rings. The fourth-order valence-corrected chi connectivity index (χ4v) is 2.10. The highest BCUT2D eigenvalue weighted by Gasteiger charge is 2.27. The molecule has 0 aliphatic carbocycles. The van der Waals surface area contributed by atoms with Crippen LogP contribution in [0.4, 0.5) is 0 Å². The van der Waals surface area contributed by atoms with E-state index in [1.807, 2.05) is 0 Å². The summed E-state index contributed by atoms with van der Waals surface area (Å²) in [7, 11) is 2.07. The van der Waals surface area contributed by atoms with Gasteiger partial charge >= 0.3 is 0 Å². The summed E-state index contributed by atoms with van der Waals surface area (Å²) in [6, 6.07) is 0.641. The molecule has 0 bridgehead atoms. The summed E-state index contributed by atoms with van der Waals surface area (Å²) in [5.41, 5.74) is 6.12. The van der Waals surface area contributed by atoms with Gasteiger partial charge < -0.3 is 10.8 Å². The molecule has 0 aliphatic heterocycles. The third kappa shape index (κ3) is 4.09. The second-order valence-corrected chi connectivity index (χ2v) is 4.71. The smallest absolute Gasteiger partial charge is 0.0602 e. The second-order valence-electron chi connectivity index (χ2n) is 4.71. The Morgan fingerprint density at radius 3 is 1.93 bits per heavy atom. The lowest BCUT2D eigenvalue weighted by atomic mass is 9.95. The van der Waals surface area contributed by atoms with Crippen molar-refractivity contribution < 1.29 is 5.11 Å². The highest BCUT2D eigenvalue weighted by molar-refractivity contribution is 4.85. The summed E-state index contributed by atoms with van der Waals surface area (Å²) < 4.78 is 0. The van der Waals surface area contributed by atoms with E-state index in [2.05, 4.69) is 39.6 Å². The molecule has 0 aromatic heterocycles. The van der Waals surface area contributed by atoms with Gasteiger partial charge in [0.1, 0.15) is 0 Å². The van der Waals surface area contributed by atoms with E-state index in [0.717, 1.165) is 12.8 Å². The average Bonchev–Trinajstić information content (AvgIpc) is 2.20. The molecular formula is C12H28N2O. The molecule has 0 rings (SSSR count). The van der Waals surface area contributed by atoms with E-state index < -0.39 is 0 Å². The van der Waals surface area contributed by atoms with E-state index >= 15 is 0 Å². The summed E-state index contributed by atoms with van der Waals surface area (Å²) in [5, 5.41) is 9.43. The van der Waals surface area contributed by atoms with Crippen LogP contribution in [0, 0.1) is 5.92 Å². The first-order chi connectivity index (χ1) is 6.99. The topological polar surface area (TPSA) is 49.5 Å². The van der Waals surface area contributed by atoms with Crippen LogP contribution in [-0.4, -0.2) is 41.8 Å². The molecule has 3 heteroatoms. The molecule has 0 heterocycles. The van der Waals surface area contributed by atoms with Crippen LogP contribution in [0.2, 0.25) is 0 Å². The molecular weight excluding hydrogens is 188 g/mol. The number of aliphatic hydroxyl groups is 1. The third-order valence-corrected chi connectivity index (χ3v) is 3.44. The molecule has 0 fully saturated rings. The minimum Gasteiger partial charge on any atom is -0.395 e. The van der Waals surface area contributed by atoms with Gasteiger partial charge in [-0.05, 0) is 25.8 Å². The highest BCUT2D eigenvalue weighted by atomic mass is 16.3. The summed E-state index contributed by atoms with van der Waals surface area (Å²) in [6.45, 7) is 8.72. The van der Waals surface area contributed by atoms with Gasteiger partial charge in [0, 0.05) is 18.1 Å². The van der Waals surface area contributed by atoms with E-state index in [-0.39, 0.29) is 18.7 Å². The van der Waals surface area contributed by atoms with Gasteiger partial charge in [0.05, 0.1) is 6.61 Å². The first-order valence-electron chi connectivity index (χ1n) is 6.07. The van der Waals surface area contributed by atoms with Crippen molar-refractivity contribution in [3.63, 3.8) is 0 Å². The predicted octanol–water partition coefficient (Wildman–Crippen LogP) is 1.45. The van der Waals surface area contributed by atoms with Gasteiger partial charge in [-0.3, -0.25) is 4.90 Å². The number of nitrogens with zero attached hydrogens (tertiary/aromatic N) is 1. The molecule has 0 spiro atoms. The molecule has 0 radical (unpaired) electrons. The number of rotatable bonds is 7. The zero-order valence-electron chi connectivity index (χ0n) is 10.9. The lowest BCUT2D eigenvalue weighted by Crippen LogP contribution is -2.54. The Labute approximate surface area is 94.6 Å². The van der Waals surface area contributed by atoms with Crippen LogP contribution in [0.25, 0.3) is 0 Å². The largest absolute Gasteiger partial charge is 0.395 e. The van der Waals surface area contributed by atoms with E-state index in [1.54, 1.807) is 0 Å². The second kappa shape index (κ2) is 7.20. The van der Waals surface area contributed by atoms with Crippen molar-refractivity contribution in [2.24, 2.45) is 11.7 Å². The molecule has 3 N–H and O–H groups in total. The monoisotopic (exact) mass is 216 g/mol. The quantitative estimate of drug-likeness (QED) is 0.677. The molecule has 2 unspecified atom stereocenters. The van der Waals surface area contributed by atoms with Crippen molar-refractivity contribution in [3.05, 3.63) is 0 Å². The molecule has 0 saturated carbocycles. The normalized spacial score (nSPS) is 16.4. The van der Waals surface area contributed by atoms with Crippen LogP contribution < -0.4 is 5.73 Å². The van der Waals surface area contributed by atoms with Gasteiger partial charge in [-0.2, -0.15) is 0 Å². The van der Waals surface area contributed by atoms with E-state index in [0.29, 0.717) is 12.0 Å². The molecule has 0 saturated heterocycles. The van der Waals surface area contributed by atoms with Crippen LogP contribution in [0.15, 0.2) is 0 Å². The van der Waals surface area contributed by atoms with Crippen molar-refractivity contribution in [1.82, 2.24) is 4.90 Å². The first kappa shape index (κ1) is 14.9. The van der Waals surface area contributed by atoms with Crippen molar-refractivity contribution >= 4 is 0 Å². The maximum atomic E-state index is 9.43. The maximum Gasteiger partial charge on any atom is 0.0602 e. The third-order valence-electron chi connectivity index (χ3n) is 3.44. The highest BCUT2D eigenvalue weighted by Crippen LogP contribution is 2.15. The zero-order chi connectivity index (χ0) is 12.0. The standard InChI is InChI=1S/C12H28N2O/c1-6-10(7-2)14(5)11(8-15)12(13)9(3)4/h9-12,15H,6-8,13H2,1-5H3. The van der Waals surface area contributed by atoms with Crippen LogP contribution in [0.5, 0.6) is 0 Å². The SMILES string of the molecule is CCC(CC)N(C)C(CO)C(N)C(C)C. The average molecular weight is 216 g/mol. The summed E-state index contributed by atoms with van der Waals surface area (Å²) in [6.07, 6.45) is 2.21. The Kier molecular flexibility index (Phi) is 7.14. The zero-order valence-corrected chi connectivity index (χ0v) is 10.9. The number of hydrogen-bond donors (Lipinski definition) is 2. The minimum absolute atomic E-state index is 0.0422. The van der Waals surface area contributed by atoms with Crippen LogP contribution in [-0.2, 0) is 0 Å². The molecule has 0 amide bonds.